The van der Waals surface area contributed by atoms with Crippen LogP contribution >= 0.6 is 0 Å². The molecule has 6 nitrogen and oxygen atoms in total. The van der Waals surface area contributed by atoms with Crippen molar-refractivity contribution in [2.45, 2.75) is 25.4 Å². The van der Waals surface area contributed by atoms with Gasteiger partial charge in [-0.05, 0) is 12.5 Å². The number of nitrogens with zero attached hydrogens (tertiary/aromatic N) is 1. The zero-order valence-electron chi connectivity index (χ0n) is 9.41. The predicted molar refractivity (Wildman–Crippen MR) is 59.2 cm³/mol. The van der Waals surface area contributed by atoms with Crippen LogP contribution in [0.15, 0.2) is 24.0 Å². The van der Waals surface area contributed by atoms with Crippen LogP contribution in [0, 0.1) is 0 Å². The van der Waals surface area contributed by atoms with Crippen molar-refractivity contribution in [1.29, 1.82) is 0 Å². The summed E-state index contributed by atoms with van der Waals surface area (Å²) in [5, 5.41) is 8.89. The van der Waals surface area contributed by atoms with Gasteiger partial charge in [0.05, 0.1) is 13.2 Å². The van der Waals surface area contributed by atoms with Crippen LogP contribution in [0.5, 0.6) is 0 Å². The van der Waals surface area contributed by atoms with E-state index in [1.54, 1.807) is 12.3 Å². The molecule has 3 N–H and O–H groups in total. The third kappa shape index (κ3) is 2.85. The van der Waals surface area contributed by atoms with E-state index >= 15 is 0 Å². The summed E-state index contributed by atoms with van der Waals surface area (Å²) < 4.78 is 10.5. The lowest BCUT2D eigenvalue weighted by Crippen LogP contribution is -2.38. The zero-order valence-corrected chi connectivity index (χ0v) is 9.41. The molecular formula is C11H16N2O4. The first-order valence-electron chi connectivity index (χ1n) is 5.53. The fraction of sp³-hybridized carbons (Fsp3) is 0.545. The fourth-order valence-corrected chi connectivity index (χ4v) is 1.75. The molecule has 17 heavy (non-hydrogen) atoms. The quantitative estimate of drug-likeness (QED) is 0.689. The van der Waals surface area contributed by atoms with E-state index in [4.69, 9.17) is 20.3 Å². The number of ether oxygens (including phenoxy) is 2. The van der Waals surface area contributed by atoms with Crippen LogP contribution < -0.4 is 5.73 Å². The van der Waals surface area contributed by atoms with Gasteiger partial charge in [0.15, 0.2) is 12.5 Å². The molecule has 2 aliphatic rings. The SMILES string of the molecule is NC1=CCCC(=O)N([C@@H]2CO[C@H](CO)O2)C=C1. The van der Waals surface area contributed by atoms with Crippen LogP contribution in [0.3, 0.4) is 0 Å². The number of amides is 1. The second-order valence-corrected chi connectivity index (χ2v) is 3.90. The number of aliphatic hydroxyl groups excluding tert-OH is 1. The predicted octanol–water partition coefficient (Wildman–Crippen LogP) is -0.344. The molecular weight excluding hydrogens is 224 g/mol. The molecule has 2 aliphatic heterocycles. The van der Waals surface area contributed by atoms with Crippen LogP contribution in [0.1, 0.15) is 12.8 Å². The Morgan fingerprint density at radius 1 is 1.59 bits per heavy atom. The third-order valence-electron chi connectivity index (χ3n) is 2.65. The van der Waals surface area contributed by atoms with Crippen molar-refractivity contribution in [3.05, 3.63) is 24.0 Å². The number of hydrogen-bond acceptors (Lipinski definition) is 5. The van der Waals surface area contributed by atoms with E-state index in [2.05, 4.69) is 0 Å². The zero-order chi connectivity index (χ0) is 12.3. The van der Waals surface area contributed by atoms with Gasteiger partial charge in [-0.15, -0.1) is 0 Å². The normalized spacial score (nSPS) is 30.1. The van der Waals surface area contributed by atoms with Crippen LogP contribution in [0.2, 0.25) is 0 Å². The first-order valence-corrected chi connectivity index (χ1v) is 5.53. The molecule has 1 saturated heterocycles. The maximum absolute atomic E-state index is 11.9. The summed E-state index contributed by atoms with van der Waals surface area (Å²) in [7, 11) is 0. The van der Waals surface area contributed by atoms with E-state index in [0.717, 1.165) is 0 Å². The Morgan fingerprint density at radius 3 is 3.12 bits per heavy atom. The van der Waals surface area contributed by atoms with Crippen molar-refractivity contribution in [2.75, 3.05) is 13.2 Å². The molecule has 1 amide bonds. The van der Waals surface area contributed by atoms with Gasteiger partial charge in [-0.2, -0.15) is 0 Å². The van der Waals surface area contributed by atoms with Gasteiger partial charge in [0, 0.05) is 18.3 Å². The molecule has 2 heterocycles. The summed E-state index contributed by atoms with van der Waals surface area (Å²) in [5.41, 5.74) is 6.31. The van der Waals surface area contributed by atoms with Crippen molar-refractivity contribution < 1.29 is 19.4 Å². The van der Waals surface area contributed by atoms with Crippen molar-refractivity contribution in [3.8, 4) is 0 Å². The Balaban J connectivity index is 2.07. The molecule has 0 aliphatic carbocycles. The molecule has 0 radical (unpaired) electrons. The molecule has 0 aromatic carbocycles. The van der Waals surface area contributed by atoms with Gasteiger partial charge < -0.3 is 20.3 Å². The standard InChI is InChI=1S/C11H16N2O4/c12-8-2-1-3-9(15)13(5-4-8)10-7-16-11(6-14)17-10/h2,4-5,10-11,14H,1,3,6-7,12H2/t10-,11-/m0/s1. The molecule has 6 heteroatoms. The van der Waals surface area contributed by atoms with Crippen LogP contribution in [0.4, 0.5) is 0 Å². The van der Waals surface area contributed by atoms with Crippen LogP contribution in [-0.2, 0) is 14.3 Å². The Labute approximate surface area is 99.3 Å². The second-order valence-electron chi connectivity index (χ2n) is 3.90. The van der Waals surface area contributed by atoms with Gasteiger partial charge in [0.25, 0.3) is 0 Å². The number of allylic oxidation sites excluding steroid dienone is 2. The lowest BCUT2D eigenvalue weighted by atomic mass is 10.2. The number of aliphatic hydroxyl groups is 1. The average molecular weight is 240 g/mol. The highest BCUT2D eigenvalue weighted by Crippen LogP contribution is 2.18. The molecule has 0 unspecified atom stereocenters. The molecule has 0 bridgehead atoms. The first kappa shape index (κ1) is 12.1. The minimum absolute atomic E-state index is 0.0443. The topological polar surface area (TPSA) is 85.0 Å². The maximum Gasteiger partial charge on any atom is 0.229 e. The number of hydrogen-bond donors (Lipinski definition) is 2. The van der Waals surface area contributed by atoms with Crippen molar-refractivity contribution in [1.82, 2.24) is 4.90 Å². The summed E-state index contributed by atoms with van der Waals surface area (Å²) in [5.74, 6) is -0.0443. The van der Waals surface area contributed by atoms with Gasteiger partial charge in [0.2, 0.25) is 5.91 Å². The van der Waals surface area contributed by atoms with Gasteiger partial charge in [-0.25, -0.2) is 0 Å². The smallest absolute Gasteiger partial charge is 0.229 e. The van der Waals surface area contributed by atoms with Gasteiger partial charge in [-0.1, -0.05) is 6.08 Å². The molecule has 0 aromatic rings. The van der Waals surface area contributed by atoms with Gasteiger partial charge in [0.1, 0.15) is 0 Å². The van der Waals surface area contributed by atoms with Crippen molar-refractivity contribution in [3.63, 3.8) is 0 Å². The van der Waals surface area contributed by atoms with Gasteiger partial charge >= 0.3 is 0 Å². The fourth-order valence-electron chi connectivity index (χ4n) is 1.75. The Morgan fingerprint density at radius 2 is 2.41 bits per heavy atom. The number of carbonyl (C=O) groups excluding carboxylic acids is 1. The van der Waals surface area contributed by atoms with E-state index in [1.165, 1.54) is 4.90 Å². The monoisotopic (exact) mass is 240 g/mol. The Hall–Kier alpha value is -1.37. The number of rotatable bonds is 2. The van der Waals surface area contributed by atoms with Gasteiger partial charge in [-0.3, -0.25) is 9.69 Å². The van der Waals surface area contributed by atoms with E-state index in [0.29, 0.717) is 18.5 Å². The van der Waals surface area contributed by atoms with E-state index in [1.807, 2.05) is 6.08 Å². The molecule has 0 aromatic heterocycles. The summed E-state index contributed by atoms with van der Waals surface area (Å²) in [6, 6.07) is 0. The third-order valence-corrected chi connectivity index (χ3v) is 2.65. The van der Waals surface area contributed by atoms with E-state index < -0.39 is 12.5 Å². The average Bonchev–Trinajstić information content (AvgIpc) is 2.76. The largest absolute Gasteiger partial charge is 0.399 e. The minimum atomic E-state index is -0.653. The molecule has 0 saturated carbocycles. The summed E-state index contributed by atoms with van der Waals surface area (Å²) in [4.78, 5) is 13.3. The molecule has 2 atom stereocenters. The first-order chi connectivity index (χ1) is 8.20. The molecule has 1 fully saturated rings. The van der Waals surface area contributed by atoms with Crippen molar-refractivity contribution in [2.24, 2.45) is 5.73 Å². The summed E-state index contributed by atoms with van der Waals surface area (Å²) in [6.45, 7) is 0.0369. The van der Waals surface area contributed by atoms with Crippen molar-refractivity contribution >= 4 is 5.91 Å². The lowest BCUT2D eigenvalue weighted by Gasteiger charge is -2.24. The highest BCUT2D eigenvalue weighted by Gasteiger charge is 2.32. The molecule has 94 valence electrons. The second kappa shape index (κ2) is 5.31. The van der Waals surface area contributed by atoms with E-state index in [-0.39, 0.29) is 19.1 Å². The van der Waals surface area contributed by atoms with Crippen LogP contribution in [-0.4, -0.2) is 41.6 Å². The van der Waals surface area contributed by atoms with E-state index in [9.17, 15) is 4.79 Å². The highest BCUT2D eigenvalue weighted by atomic mass is 16.7. The minimum Gasteiger partial charge on any atom is -0.399 e. The molecule has 0 spiro atoms. The highest BCUT2D eigenvalue weighted by molar-refractivity contribution is 5.78. The number of carbonyl (C=O) groups is 1. The Bertz CT molecular complexity index is 353. The Kier molecular flexibility index (Phi) is 3.78. The molecule has 2 rings (SSSR count). The maximum atomic E-state index is 11.9. The number of nitrogens with two attached hydrogens (primary N) is 1. The lowest BCUT2D eigenvalue weighted by molar-refractivity contribution is -0.143. The van der Waals surface area contributed by atoms with Crippen LogP contribution in [0.25, 0.3) is 0 Å². The summed E-state index contributed by atoms with van der Waals surface area (Å²) >= 11 is 0. The summed E-state index contributed by atoms with van der Waals surface area (Å²) in [6.07, 6.45) is 4.93.